The summed E-state index contributed by atoms with van der Waals surface area (Å²) in [5, 5.41) is 0. The van der Waals surface area contributed by atoms with Crippen molar-refractivity contribution >= 4 is 5.71 Å². The third-order valence-corrected chi connectivity index (χ3v) is 1.77. The van der Waals surface area contributed by atoms with Crippen LogP contribution in [0.15, 0.2) is 40.4 Å². The lowest BCUT2D eigenvalue weighted by molar-refractivity contribution is 1.13. The molecule has 0 aromatic heterocycles. The summed E-state index contributed by atoms with van der Waals surface area (Å²) in [5.41, 5.74) is 3.70. The van der Waals surface area contributed by atoms with Gasteiger partial charge in [-0.25, -0.2) is 0 Å². The number of aliphatic imine (C=N–C) groups is 1. The fourth-order valence-corrected chi connectivity index (χ4v) is 1.20. The quantitative estimate of drug-likeness (QED) is 0.560. The summed E-state index contributed by atoms with van der Waals surface area (Å²) >= 11 is 0. The zero-order valence-electron chi connectivity index (χ0n) is 7.96. The maximum Gasteiger partial charge on any atom is 0.0645 e. The molecule has 64 valence electrons. The van der Waals surface area contributed by atoms with Crippen LogP contribution in [0.5, 0.6) is 0 Å². The van der Waals surface area contributed by atoms with E-state index in [4.69, 9.17) is 0 Å². The predicted octanol–water partition coefficient (Wildman–Crippen LogP) is 2.91. The van der Waals surface area contributed by atoms with Gasteiger partial charge in [0, 0.05) is 6.54 Å². The van der Waals surface area contributed by atoms with Crippen molar-refractivity contribution in [3.63, 3.8) is 0 Å². The fourth-order valence-electron chi connectivity index (χ4n) is 1.20. The zero-order chi connectivity index (χ0) is 8.97. The van der Waals surface area contributed by atoms with Gasteiger partial charge in [-0.05, 0) is 32.4 Å². The average molecular weight is 161 g/mol. The summed E-state index contributed by atoms with van der Waals surface area (Å²) in [6.07, 6.45) is 8.26. The van der Waals surface area contributed by atoms with E-state index in [-0.39, 0.29) is 0 Å². The van der Waals surface area contributed by atoms with Crippen LogP contribution >= 0.6 is 0 Å². The lowest BCUT2D eigenvalue weighted by Gasteiger charge is -2.08. The molecular weight excluding hydrogens is 146 g/mol. The monoisotopic (exact) mass is 161 g/mol. The Morgan fingerprint density at radius 1 is 1.25 bits per heavy atom. The summed E-state index contributed by atoms with van der Waals surface area (Å²) in [5.74, 6) is 0. The molecule has 0 saturated carbocycles. The maximum absolute atomic E-state index is 4.41. The molecule has 0 unspecified atom stereocenters. The molecule has 1 rings (SSSR count). The lowest BCUT2D eigenvalue weighted by Crippen LogP contribution is -2.02. The molecule has 0 radical (unpaired) electrons. The van der Waals surface area contributed by atoms with Crippen LogP contribution in [0.1, 0.15) is 20.8 Å². The molecule has 12 heavy (non-hydrogen) atoms. The van der Waals surface area contributed by atoms with Crippen LogP contribution < -0.4 is 0 Å². The van der Waals surface area contributed by atoms with Crippen molar-refractivity contribution in [1.82, 2.24) is 0 Å². The van der Waals surface area contributed by atoms with E-state index in [1.807, 2.05) is 6.08 Å². The Hall–Kier alpha value is -1.11. The molecule has 0 N–H and O–H groups in total. The van der Waals surface area contributed by atoms with Crippen molar-refractivity contribution in [2.45, 2.75) is 20.8 Å². The Kier molecular flexibility index (Phi) is 3.03. The highest BCUT2D eigenvalue weighted by Gasteiger charge is 2.03. The fraction of sp³-hybridized carbons (Fsp3) is 0.364. The van der Waals surface area contributed by atoms with Gasteiger partial charge in [-0.1, -0.05) is 23.8 Å². The predicted molar refractivity (Wildman–Crippen MR) is 54.6 cm³/mol. The van der Waals surface area contributed by atoms with Gasteiger partial charge in [0.05, 0.1) is 5.71 Å². The molecule has 0 atom stereocenters. The molecule has 0 heterocycles. The van der Waals surface area contributed by atoms with E-state index in [1.54, 1.807) is 0 Å². The Labute approximate surface area is 74.2 Å². The number of hydrogen-bond donors (Lipinski definition) is 0. The van der Waals surface area contributed by atoms with Gasteiger partial charge in [0.25, 0.3) is 0 Å². The highest BCUT2D eigenvalue weighted by molar-refractivity contribution is 6.11. The van der Waals surface area contributed by atoms with Gasteiger partial charge >= 0.3 is 0 Å². The number of allylic oxidation sites excluding steroid dienone is 6. The maximum atomic E-state index is 4.41. The minimum Gasteiger partial charge on any atom is -0.285 e. The molecule has 1 aliphatic carbocycles. The number of hydrogen-bond acceptors (Lipinski definition) is 1. The minimum atomic E-state index is 0.851. The van der Waals surface area contributed by atoms with Crippen LogP contribution in [0.2, 0.25) is 0 Å². The highest BCUT2D eigenvalue weighted by atomic mass is 14.7. The summed E-state index contributed by atoms with van der Waals surface area (Å²) < 4.78 is 0. The first-order valence-electron chi connectivity index (χ1n) is 4.32. The van der Waals surface area contributed by atoms with Gasteiger partial charge in [0.15, 0.2) is 0 Å². The second-order valence-electron chi connectivity index (χ2n) is 2.99. The van der Waals surface area contributed by atoms with E-state index in [0.717, 1.165) is 12.3 Å². The van der Waals surface area contributed by atoms with Gasteiger partial charge in [0.1, 0.15) is 0 Å². The second-order valence-corrected chi connectivity index (χ2v) is 2.99. The summed E-state index contributed by atoms with van der Waals surface area (Å²) in [6, 6.07) is 0. The smallest absolute Gasteiger partial charge is 0.0645 e. The van der Waals surface area contributed by atoms with Gasteiger partial charge < -0.3 is 0 Å². The summed E-state index contributed by atoms with van der Waals surface area (Å²) in [7, 11) is 0. The molecule has 0 aromatic rings. The van der Waals surface area contributed by atoms with E-state index >= 15 is 0 Å². The van der Waals surface area contributed by atoms with Crippen molar-refractivity contribution in [2.75, 3.05) is 6.54 Å². The van der Waals surface area contributed by atoms with Crippen LogP contribution in [0.3, 0.4) is 0 Å². The van der Waals surface area contributed by atoms with Gasteiger partial charge in [-0.2, -0.15) is 0 Å². The molecule has 0 aliphatic heterocycles. The first-order chi connectivity index (χ1) is 5.75. The minimum absolute atomic E-state index is 0.851. The van der Waals surface area contributed by atoms with Crippen molar-refractivity contribution < 1.29 is 0 Å². The standard InChI is InChI=1S/C11H15N/c1-4-12-11-8-6-5-7-10(11)9(2)3/h5-8H,4H2,1-3H3. The molecule has 0 fully saturated rings. The average Bonchev–Trinajstić information content (AvgIpc) is 2.05. The van der Waals surface area contributed by atoms with Crippen LogP contribution in [0, 0.1) is 0 Å². The largest absolute Gasteiger partial charge is 0.285 e. The molecule has 0 aromatic carbocycles. The topological polar surface area (TPSA) is 12.4 Å². The van der Waals surface area contributed by atoms with Gasteiger partial charge in [-0.3, -0.25) is 4.99 Å². The lowest BCUT2D eigenvalue weighted by atomic mass is 10.0. The normalized spacial score (nSPS) is 18.9. The third kappa shape index (κ3) is 1.94. The summed E-state index contributed by atoms with van der Waals surface area (Å²) in [4.78, 5) is 4.41. The Morgan fingerprint density at radius 3 is 2.50 bits per heavy atom. The zero-order valence-corrected chi connectivity index (χ0v) is 7.96. The van der Waals surface area contributed by atoms with E-state index in [1.165, 1.54) is 11.1 Å². The molecule has 0 spiro atoms. The van der Waals surface area contributed by atoms with Gasteiger partial charge in [-0.15, -0.1) is 0 Å². The number of rotatable bonds is 1. The third-order valence-electron chi connectivity index (χ3n) is 1.77. The van der Waals surface area contributed by atoms with Gasteiger partial charge in [0.2, 0.25) is 0 Å². The first-order valence-corrected chi connectivity index (χ1v) is 4.32. The molecule has 0 bridgehead atoms. The van der Waals surface area contributed by atoms with E-state index in [2.05, 4.69) is 44.0 Å². The second kappa shape index (κ2) is 4.05. The summed E-state index contributed by atoms with van der Waals surface area (Å²) in [6.45, 7) is 7.14. The van der Waals surface area contributed by atoms with Crippen LogP contribution in [-0.4, -0.2) is 12.3 Å². The Balaban J connectivity index is 3.02. The Morgan fingerprint density at radius 2 is 1.92 bits per heavy atom. The Bertz CT molecular complexity index is 273. The molecule has 0 amide bonds. The van der Waals surface area contributed by atoms with Crippen LogP contribution in [-0.2, 0) is 0 Å². The van der Waals surface area contributed by atoms with Crippen molar-refractivity contribution in [2.24, 2.45) is 4.99 Å². The first kappa shape index (κ1) is 8.98. The van der Waals surface area contributed by atoms with Crippen molar-refractivity contribution in [3.05, 3.63) is 35.5 Å². The molecule has 1 nitrogen and oxygen atoms in total. The molecular formula is C11H15N. The highest BCUT2D eigenvalue weighted by Crippen LogP contribution is 2.12. The van der Waals surface area contributed by atoms with Crippen molar-refractivity contribution in [3.8, 4) is 0 Å². The SMILES string of the molecule is CCN=C1C=CC=CC1=C(C)C. The molecule has 1 aliphatic rings. The van der Waals surface area contributed by atoms with Crippen LogP contribution in [0.4, 0.5) is 0 Å². The van der Waals surface area contributed by atoms with Crippen molar-refractivity contribution in [1.29, 1.82) is 0 Å². The molecule has 1 heteroatoms. The van der Waals surface area contributed by atoms with E-state index < -0.39 is 0 Å². The van der Waals surface area contributed by atoms with Crippen LogP contribution in [0.25, 0.3) is 0 Å². The molecule has 0 saturated heterocycles. The number of nitrogens with zero attached hydrogens (tertiary/aromatic N) is 1. The van der Waals surface area contributed by atoms with E-state index in [9.17, 15) is 0 Å². The van der Waals surface area contributed by atoms with E-state index in [0.29, 0.717) is 0 Å².